The van der Waals surface area contributed by atoms with E-state index in [1.807, 2.05) is 0 Å². The van der Waals surface area contributed by atoms with E-state index in [0.29, 0.717) is 0 Å². The van der Waals surface area contributed by atoms with Gasteiger partial charge in [-0.05, 0) is 0 Å². The van der Waals surface area contributed by atoms with E-state index in [2.05, 4.69) is 0 Å². The third-order valence-electron chi connectivity index (χ3n) is 0. The fourth-order valence-electron chi connectivity index (χ4n) is 0. The van der Waals surface area contributed by atoms with Crippen LogP contribution in [-0.2, 0) is 130 Å². The first-order valence-electron chi connectivity index (χ1n) is 0. The van der Waals surface area contributed by atoms with Crippen LogP contribution in [0.3, 0.4) is 0 Å². The second kappa shape index (κ2) is 477. The summed E-state index contributed by atoms with van der Waals surface area (Å²) in [6.45, 7) is 0. The molecule has 88 valence electrons. The molecule has 0 spiro atoms. The predicted octanol–water partition coefficient (Wildman–Crippen LogP) is 3.16. The minimum atomic E-state index is 0. The number of rotatable bonds is 0. The zero-order chi connectivity index (χ0) is 0. The molecule has 0 bridgehead atoms. The zero-order valence-corrected chi connectivity index (χ0v) is 25.9. The number of hydrogen-bond acceptors (Lipinski definition) is 0. The molecule has 0 radical (unpaired) electrons. The van der Waals surface area contributed by atoms with Crippen LogP contribution in [0.1, 0.15) is 0 Å². The van der Waals surface area contributed by atoms with Crippen LogP contribution in [0.15, 0.2) is 0 Å². The van der Waals surface area contributed by atoms with Crippen LogP contribution in [0, 0.1) is 0 Å². The number of hydrogen-bond donors (Lipinski definition) is 0. The van der Waals surface area contributed by atoms with Crippen LogP contribution < -0.4 is 0 Å². The van der Waals surface area contributed by atoms with E-state index >= 15 is 0 Å². The van der Waals surface area contributed by atoms with Crippen molar-refractivity contribution in [2.75, 3.05) is 0 Å². The molecule has 0 saturated heterocycles. The third kappa shape index (κ3) is 427. The summed E-state index contributed by atoms with van der Waals surface area (Å²) < 4.78 is 0. The molecule has 11 nitrogen and oxygen atoms in total. The predicted molar refractivity (Wildman–Crippen MR) is 36.9 cm³/mol. The summed E-state index contributed by atoms with van der Waals surface area (Å²) in [6, 6.07) is 0. The smallest absolute Gasteiger partial charge is 3.00 e. The fourth-order valence-corrected chi connectivity index (χ4v) is 0. The van der Waals surface area contributed by atoms with Gasteiger partial charge in [-0.1, -0.05) is 0 Å². The summed E-state index contributed by atoms with van der Waals surface area (Å²) in [6.07, 6.45) is 0. The maximum absolute atomic E-state index is 0. The molecule has 0 aliphatic carbocycles. The number of nitrogens with zero attached hydrogens (tertiary/aromatic N) is 11. The van der Waals surface area contributed by atoms with Gasteiger partial charge < -0.3 is 67.7 Å². The van der Waals surface area contributed by atoms with Crippen molar-refractivity contribution in [2.45, 2.75) is 0 Å². The molecule has 0 atom stereocenters. The monoisotopic (exact) mass is 1250 g/mol. The molecule has 0 N–H and O–H groups in total. The molecule has 0 aromatic heterocycles. The Kier molecular flexibility index (Phi) is 15600. The third-order valence-corrected chi connectivity index (χ3v) is 0. The Morgan fingerprint density at radius 1 is 0.176 bits per heavy atom. The molecule has 0 rings (SSSR count). The van der Waals surface area contributed by atoms with E-state index in [9.17, 15) is 0 Å². The molecule has 0 fully saturated rings. The average Bonchev–Trinajstić information content (AvgIpc) is 0. The summed E-state index contributed by atoms with van der Waals surface area (Å²) >= 11 is 0. The van der Waals surface area contributed by atoms with Gasteiger partial charge in [-0.3, -0.25) is 0 Å². The Morgan fingerprint density at radius 2 is 0.176 bits per heavy atom. The molecule has 17 heavy (non-hydrogen) atoms. The van der Waals surface area contributed by atoms with Gasteiger partial charge >= 0.3 is 130 Å². The maximum atomic E-state index is 0. The first kappa shape index (κ1) is 555. The van der Waals surface area contributed by atoms with Crippen LogP contribution >= 0.6 is 0 Å². The van der Waals surface area contributed by atoms with Crippen molar-refractivity contribution < 1.29 is 130 Å². The van der Waals surface area contributed by atoms with Crippen molar-refractivity contribution >= 4 is 0 Å². The molecule has 0 saturated carbocycles. The molecule has 0 amide bonds. The van der Waals surface area contributed by atoms with Crippen molar-refractivity contribution in [2.24, 2.45) is 0 Å². The quantitative estimate of drug-likeness (QED) is 0.338. The van der Waals surface area contributed by atoms with Crippen LogP contribution in [0.2, 0.25) is 0 Å². The largest absolute Gasteiger partial charge is 6.00 e. The fraction of sp³-hybridized carbons (Fsp3) is 0. The average molecular weight is 1250 g/mol. The molecule has 0 aliphatic heterocycles. The van der Waals surface area contributed by atoms with E-state index in [1.165, 1.54) is 0 Å². The van der Waals surface area contributed by atoms with Crippen LogP contribution in [-0.4, -0.2) is 0 Å². The summed E-state index contributed by atoms with van der Waals surface area (Å²) in [5, 5.41) is 0. The Bertz CT molecular complexity index is 21.9. The second-order valence-corrected chi connectivity index (χ2v) is 0. The first-order chi connectivity index (χ1) is 0. The van der Waals surface area contributed by atoms with Crippen LogP contribution in [0.5, 0.6) is 0 Å². The van der Waals surface area contributed by atoms with E-state index in [0.717, 1.165) is 0 Å². The van der Waals surface area contributed by atoms with Gasteiger partial charge in [0.1, 0.15) is 0 Å². The molecule has 0 aromatic rings. The summed E-state index contributed by atoms with van der Waals surface area (Å²) in [5.74, 6) is 0. The van der Waals surface area contributed by atoms with Gasteiger partial charge in [0.2, 0.25) is 0 Å². The molecular weight excluding hydrogens is 1250 g/mol. The summed E-state index contributed by atoms with van der Waals surface area (Å²) in [7, 11) is 0. The van der Waals surface area contributed by atoms with E-state index in [4.69, 9.17) is 0 Å². The normalized spacial score (nSPS) is 0. The first-order valence-corrected chi connectivity index (χ1v) is 0. The van der Waals surface area contributed by atoms with Crippen molar-refractivity contribution in [1.82, 2.24) is 0 Å². The Labute approximate surface area is 195 Å². The molecule has 0 heterocycles. The molecule has 0 aromatic carbocycles. The van der Waals surface area contributed by atoms with Gasteiger partial charge in [0.05, 0.1) is 0 Å². The van der Waals surface area contributed by atoms with Gasteiger partial charge in [-0.2, -0.15) is 0 Å². The Balaban J connectivity index is 0. The maximum Gasteiger partial charge on any atom is 6.00 e. The minimum absolute atomic E-state index is 0. The van der Waals surface area contributed by atoms with E-state index in [-0.39, 0.29) is 198 Å². The van der Waals surface area contributed by atoms with Crippen LogP contribution in [0.4, 0.5) is 0 Å². The van der Waals surface area contributed by atoms with Gasteiger partial charge in [0.15, 0.2) is 0 Å². The van der Waals surface area contributed by atoms with E-state index in [1.54, 1.807) is 0 Å². The van der Waals surface area contributed by atoms with Crippen LogP contribution in [0.25, 0.3) is 67.7 Å². The molecule has 0 unspecified atom stereocenters. The minimum Gasteiger partial charge on any atom is -3.00 e. The van der Waals surface area contributed by atoms with Crippen molar-refractivity contribution in [1.29, 1.82) is 0 Å². The topological polar surface area (TPSA) is 336 Å². The van der Waals surface area contributed by atoms with Gasteiger partial charge in [0.25, 0.3) is 0 Å². The Hall–Kier alpha value is 3.85. The van der Waals surface area contributed by atoms with Crippen molar-refractivity contribution in [3.05, 3.63) is 67.7 Å². The SMILES string of the molecule is [N-3].[N-3].[N-3].[N-3].[N-3].[N-3].[N-3].[N-3].[N-3].[N-3].[N-3].[Ta+5].[Ta+5].[Ta+5].[W+6].[W+6].[W+6]. The van der Waals surface area contributed by atoms with E-state index < -0.39 is 0 Å². The summed E-state index contributed by atoms with van der Waals surface area (Å²) in [4.78, 5) is 0. The van der Waals surface area contributed by atoms with Gasteiger partial charge in [-0.15, -0.1) is 0 Å². The zero-order valence-electron chi connectivity index (χ0n) is 7.49. The summed E-state index contributed by atoms with van der Waals surface area (Å²) in [5.41, 5.74) is 0. The van der Waals surface area contributed by atoms with Crippen molar-refractivity contribution in [3.8, 4) is 0 Å². The van der Waals surface area contributed by atoms with Gasteiger partial charge in [-0.25, -0.2) is 0 Å². The van der Waals surface area contributed by atoms with Crippen molar-refractivity contribution in [3.63, 3.8) is 0 Å². The Morgan fingerprint density at radius 3 is 0.176 bits per heavy atom. The molecular formula is N11Ta3W3. The standard InChI is InChI=1S/11N.3Ta.3W/q11*-3;3*+5;3*+6. The molecule has 17 heteroatoms. The second-order valence-electron chi connectivity index (χ2n) is 0. The van der Waals surface area contributed by atoms with Gasteiger partial charge in [0, 0.05) is 0 Å². The molecule has 0 aliphatic rings.